The van der Waals surface area contributed by atoms with E-state index in [0.717, 1.165) is 22.3 Å². The zero-order valence-electron chi connectivity index (χ0n) is 11.9. The Morgan fingerprint density at radius 3 is 2.70 bits per heavy atom. The number of hydrogen-bond acceptors (Lipinski definition) is 5. The van der Waals surface area contributed by atoms with Gasteiger partial charge in [0.05, 0.1) is 25.3 Å². The maximum absolute atomic E-state index is 5.82. The van der Waals surface area contributed by atoms with E-state index in [1.165, 1.54) is 0 Å². The number of nitrogens with two attached hydrogens (primary N) is 1. The van der Waals surface area contributed by atoms with E-state index in [1.807, 2.05) is 31.2 Å². The summed E-state index contributed by atoms with van der Waals surface area (Å²) in [5.74, 6) is 0.787. The average Bonchev–Trinajstić information content (AvgIpc) is 2.43. The molecule has 1 heterocycles. The van der Waals surface area contributed by atoms with Crippen molar-refractivity contribution in [3.63, 3.8) is 0 Å². The standard InChI is InChI=1S/C15H20N2O3/c1-11-9-15(20-8-7-19-6-5-18-2)13-10-12(16)3-4-14(13)17-11/h3-4,9-10H,5-8,16H2,1-2H3. The van der Waals surface area contributed by atoms with Crippen molar-refractivity contribution < 1.29 is 14.2 Å². The van der Waals surface area contributed by atoms with Crippen LogP contribution in [0, 0.1) is 6.92 Å². The quantitative estimate of drug-likeness (QED) is 0.620. The normalized spacial score (nSPS) is 10.9. The molecule has 0 saturated carbocycles. The SMILES string of the molecule is COCCOCCOc1cc(C)nc2ccc(N)cc12. The summed E-state index contributed by atoms with van der Waals surface area (Å²) in [6.07, 6.45) is 0. The van der Waals surface area contributed by atoms with Crippen LogP contribution in [0.5, 0.6) is 5.75 Å². The lowest BCUT2D eigenvalue weighted by Crippen LogP contribution is -2.10. The molecule has 0 amide bonds. The fourth-order valence-corrected chi connectivity index (χ4v) is 1.91. The lowest BCUT2D eigenvalue weighted by molar-refractivity contribution is 0.0546. The molecule has 108 valence electrons. The number of nitrogen functional groups attached to an aromatic ring is 1. The number of rotatable bonds is 7. The highest BCUT2D eigenvalue weighted by molar-refractivity contribution is 5.87. The summed E-state index contributed by atoms with van der Waals surface area (Å²) in [5, 5.41) is 0.924. The smallest absolute Gasteiger partial charge is 0.130 e. The van der Waals surface area contributed by atoms with Gasteiger partial charge in [-0.15, -0.1) is 0 Å². The molecule has 2 aromatic rings. The van der Waals surface area contributed by atoms with Crippen molar-refractivity contribution in [1.82, 2.24) is 4.98 Å². The lowest BCUT2D eigenvalue weighted by atomic mass is 10.1. The van der Waals surface area contributed by atoms with Crippen LogP contribution >= 0.6 is 0 Å². The molecule has 1 aromatic carbocycles. The summed E-state index contributed by atoms with van der Waals surface area (Å²) in [7, 11) is 1.65. The van der Waals surface area contributed by atoms with Gasteiger partial charge in [0.15, 0.2) is 0 Å². The highest BCUT2D eigenvalue weighted by Crippen LogP contribution is 2.27. The van der Waals surface area contributed by atoms with Gasteiger partial charge in [-0.2, -0.15) is 0 Å². The molecule has 20 heavy (non-hydrogen) atoms. The Morgan fingerprint density at radius 1 is 1.10 bits per heavy atom. The fourth-order valence-electron chi connectivity index (χ4n) is 1.91. The predicted molar refractivity (Wildman–Crippen MR) is 79.1 cm³/mol. The van der Waals surface area contributed by atoms with Crippen molar-refractivity contribution in [1.29, 1.82) is 0 Å². The molecular formula is C15H20N2O3. The van der Waals surface area contributed by atoms with Crippen molar-refractivity contribution in [2.75, 3.05) is 39.3 Å². The van der Waals surface area contributed by atoms with E-state index < -0.39 is 0 Å². The monoisotopic (exact) mass is 276 g/mol. The van der Waals surface area contributed by atoms with Gasteiger partial charge >= 0.3 is 0 Å². The van der Waals surface area contributed by atoms with Crippen molar-refractivity contribution in [3.05, 3.63) is 30.0 Å². The van der Waals surface area contributed by atoms with Gasteiger partial charge in [-0.1, -0.05) is 0 Å². The van der Waals surface area contributed by atoms with Crippen LogP contribution in [-0.2, 0) is 9.47 Å². The number of methoxy groups -OCH3 is 1. The predicted octanol–water partition coefficient (Wildman–Crippen LogP) is 2.17. The lowest BCUT2D eigenvalue weighted by Gasteiger charge is -2.11. The Balaban J connectivity index is 2.03. The van der Waals surface area contributed by atoms with Gasteiger partial charge in [-0.05, 0) is 25.1 Å². The molecule has 5 nitrogen and oxygen atoms in total. The molecule has 0 unspecified atom stereocenters. The molecule has 5 heteroatoms. The van der Waals surface area contributed by atoms with E-state index in [-0.39, 0.29) is 0 Å². The molecule has 1 aromatic heterocycles. The van der Waals surface area contributed by atoms with Gasteiger partial charge in [-0.25, -0.2) is 0 Å². The Kier molecular flexibility index (Phi) is 5.15. The molecule has 0 aliphatic heterocycles. The summed E-state index contributed by atoms with van der Waals surface area (Å²) in [6.45, 7) is 4.11. The summed E-state index contributed by atoms with van der Waals surface area (Å²) in [4.78, 5) is 4.46. The molecular weight excluding hydrogens is 256 g/mol. The summed E-state index contributed by atoms with van der Waals surface area (Å²) >= 11 is 0. The van der Waals surface area contributed by atoms with E-state index in [1.54, 1.807) is 7.11 Å². The Hall–Kier alpha value is -1.85. The van der Waals surface area contributed by atoms with E-state index >= 15 is 0 Å². The zero-order chi connectivity index (χ0) is 14.4. The molecule has 0 aliphatic rings. The minimum Gasteiger partial charge on any atom is -0.490 e. The highest BCUT2D eigenvalue weighted by Gasteiger charge is 2.05. The highest BCUT2D eigenvalue weighted by atomic mass is 16.5. The third-order valence-corrected chi connectivity index (χ3v) is 2.84. The van der Waals surface area contributed by atoms with E-state index in [2.05, 4.69) is 4.98 Å². The van der Waals surface area contributed by atoms with Crippen LogP contribution in [0.1, 0.15) is 5.69 Å². The minimum atomic E-state index is 0.483. The van der Waals surface area contributed by atoms with Gasteiger partial charge in [0, 0.05) is 29.9 Å². The van der Waals surface area contributed by atoms with Gasteiger partial charge in [0.25, 0.3) is 0 Å². The van der Waals surface area contributed by atoms with Gasteiger partial charge in [0.2, 0.25) is 0 Å². The number of pyridine rings is 1. The van der Waals surface area contributed by atoms with Crippen molar-refractivity contribution in [3.8, 4) is 5.75 Å². The number of fused-ring (bicyclic) bond motifs is 1. The third-order valence-electron chi connectivity index (χ3n) is 2.84. The third kappa shape index (κ3) is 3.82. The average molecular weight is 276 g/mol. The zero-order valence-corrected chi connectivity index (χ0v) is 11.9. The number of nitrogens with zero attached hydrogens (tertiary/aromatic N) is 1. The van der Waals surface area contributed by atoms with E-state index in [9.17, 15) is 0 Å². The first-order valence-electron chi connectivity index (χ1n) is 6.57. The Labute approximate surface area is 118 Å². The Morgan fingerprint density at radius 2 is 1.90 bits per heavy atom. The number of benzene rings is 1. The summed E-state index contributed by atoms with van der Waals surface area (Å²) < 4.78 is 16.1. The molecule has 2 N–H and O–H groups in total. The molecule has 0 aliphatic carbocycles. The van der Waals surface area contributed by atoms with E-state index in [0.29, 0.717) is 32.1 Å². The van der Waals surface area contributed by atoms with Crippen LogP contribution in [0.4, 0.5) is 5.69 Å². The van der Waals surface area contributed by atoms with Crippen LogP contribution < -0.4 is 10.5 Å². The second kappa shape index (κ2) is 7.07. The number of aromatic nitrogens is 1. The molecule has 0 atom stereocenters. The van der Waals surface area contributed by atoms with E-state index in [4.69, 9.17) is 19.9 Å². The number of hydrogen-bond donors (Lipinski definition) is 1. The second-order valence-electron chi connectivity index (χ2n) is 4.49. The number of ether oxygens (including phenoxy) is 3. The maximum Gasteiger partial charge on any atom is 0.130 e. The van der Waals surface area contributed by atoms with Crippen LogP contribution in [0.15, 0.2) is 24.3 Å². The van der Waals surface area contributed by atoms with Crippen molar-refractivity contribution in [2.45, 2.75) is 6.92 Å². The molecule has 2 rings (SSSR count). The molecule has 0 fully saturated rings. The fraction of sp³-hybridized carbons (Fsp3) is 0.400. The second-order valence-corrected chi connectivity index (χ2v) is 4.49. The first kappa shape index (κ1) is 14.6. The molecule has 0 saturated heterocycles. The van der Waals surface area contributed by atoms with Crippen LogP contribution in [0.25, 0.3) is 10.9 Å². The Bertz CT molecular complexity index is 572. The van der Waals surface area contributed by atoms with Gasteiger partial charge in [-0.3, -0.25) is 4.98 Å². The largest absolute Gasteiger partial charge is 0.490 e. The topological polar surface area (TPSA) is 66.6 Å². The van der Waals surface area contributed by atoms with Crippen molar-refractivity contribution >= 4 is 16.6 Å². The maximum atomic E-state index is 5.82. The van der Waals surface area contributed by atoms with Crippen LogP contribution in [-0.4, -0.2) is 38.5 Å². The molecule has 0 bridgehead atoms. The molecule has 0 spiro atoms. The first-order valence-corrected chi connectivity index (χ1v) is 6.57. The van der Waals surface area contributed by atoms with Crippen molar-refractivity contribution in [2.24, 2.45) is 0 Å². The number of anilines is 1. The minimum absolute atomic E-state index is 0.483. The summed E-state index contributed by atoms with van der Waals surface area (Å²) in [5.41, 5.74) is 8.32. The van der Waals surface area contributed by atoms with Crippen LogP contribution in [0.2, 0.25) is 0 Å². The van der Waals surface area contributed by atoms with Crippen LogP contribution in [0.3, 0.4) is 0 Å². The summed E-state index contributed by atoms with van der Waals surface area (Å²) in [6, 6.07) is 7.53. The first-order chi connectivity index (χ1) is 9.70. The number of aryl methyl sites for hydroxylation is 1. The molecule has 0 radical (unpaired) electrons. The van der Waals surface area contributed by atoms with Gasteiger partial charge in [0.1, 0.15) is 12.4 Å². The van der Waals surface area contributed by atoms with Gasteiger partial charge < -0.3 is 19.9 Å².